The third-order valence-electron chi connectivity index (χ3n) is 1.29. The van der Waals surface area contributed by atoms with Crippen LogP contribution in [-0.2, 0) is 9.53 Å². The van der Waals surface area contributed by atoms with E-state index in [1.807, 2.05) is 0 Å². The molecule has 10 heavy (non-hydrogen) atoms. The van der Waals surface area contributed by atoms with E-state index in [4.69, 9.17) is 9.84 Å². The van der Waals surface area contributed by atoms with Crippen molar-refractivity contribution >= 4 is 5.97 Å². The number of rotatable bonds is 5. The van der Waals surface area contributed by atoms with Crippen LogP contribution in [0.3, 0.4) is 0 Å². The fourth-order valence-electron chi connectivity index (χ4n) is 0.644. The summed E-state index contributed by atoms with van der Waals surface area (Å²) in [6.07, 6.45) is 0.529. The lowest BCUT2D eigenvalue weighted by Gasteiger charge is -1.97. The van der Waals surface area contributed by atoms with Crippen molar-refractivity contribution < 1.29 is 14.6 Å². The van der Waals surface area contributed by atoms with Gasteiger partial charge in [0, 0.05) is 13.1 Å². The molecule has 0 saturated carbocycles. The number of carboxylic acids is 1. The zero-order valence-corrected chi connectivity index (χ0v) is 5.67. The van der Waals surface area contributed by atoms with E-state index in [-0.39, 0.29) is 6.42 Å². The quantitative estimate of drug-likeness (QED) is 0.402. The Bertz CT molecular complexity index is 122. The van der Waals surface area contributed by atoms with Crippen LogP contribution in [0.15, 0.2) is 0 Å². The summed E-state index contributed by atoms with van der Waals surface area (Å²) in [6, 6.07) is 0. The summed E-state index contributed by atoms with van der Waals surface area (Å²) in [7, 11) is 0. The maximum absolute atomic E-state index is 9.99. The predicted octanol–water partition coefficient (Wildman–Crippen LogP) is -0.550. The largest absolute Gasteiger partial charge is 0.481 e. The molecule has 0 aliphatic carbocycles. The molecule has 4 nitrogen and oxygen atoms in total. The second kappa shape index (κ2) is 3.53. The molecule has 0 amide bonds. The standard InChI is InChI=1S/C6H11NO3/c8-6(9)1-2-7-3-5-4-10-5/h5,7H,1-4H2,(H,8,9). The van der Waals surface area contributed by atoms with E-state index in [0.717, 1.165) is 13.2 Å². The van der Waals surface area contributed by atoms with Crippen LogP contribution in [0.5, 0.6) is 0 Å². The number of hydrogen-bond acceptors (Lipinski definition) is 3. The van der Waals surface area contributed by atoms with E-state index in [0.29, 0.717) is 12.6 Å². The molecule has 1 unspecified atom stereocenters. The van der Waals surface area contributed by atoms with Gasteiger partial charge in [0.15, 0.2) is 0 Å². The van der Waals surface area contributed by atoms with Crippen molar-refractivity contribution in [2.75, 3.05) is 19.7 Å². The summed E-state index contributed by atoms with van der Waals surface area (Å²) in [4.78, 5) is 9.99. The normalized spacial score (nSPS) is 22.6. The van der Waals surface area contributed by atoms with Crippen molar-refractivity contribution in [1.82, 2.24) is 5.32 Å². The van der Waals surface area contributed by atoms with E-state index in [9.17, 15) is 4.79 Å². The van der Waals surface area contributed by atoms with Crippen molar-refractivity contribution in [3.63, 3.8) is 0 Å². The highest BCUT2D eigenvalue weighted by molar-refractivity contribution is 5.66. The van der Waals surface area contributed by atoms with Crippen LogP contribution < -0.4 is 5.32 Å². The molecule has 1 saturated heterocycles. The topological polar surface area (TPSA) is 61.9 Å². The highest BCUT2D eigenvalue weighted by atomic mass is 16.6. The first kappa shape index (κ1) is 7.50. The molecular formula is C6H11NO3. The molecular weight excluding hydrogens is 134 g/mol. The molecule has 0 aromatic rings. The lowest BCUT2D eigenvalue weighted by Crippen LogP contribution is -2.22. The average Bonchev–Trinajstić information content (AvgIpc) is 2.62. The van der Waals surface area contributed by atoms with Gasteiger partial charge >= 0.3 is 5.97 Å². The van der Waals surface area contributed by atoms with E-state index in [2.05, 4.69) is 5.32 Å². The molecule has 0 bridgehead atoms. The SMILES string of the molecule is O=C(O)CCNCC1CO1. The first-order valence-corrected chi connectivity index (χ1v) is 3.33. The van der Waals surface area contributed by atoms with Crippen molar-refractivity contribution in [1.29, 1.82) is 0 Å². The molecule has 1 aliphatic heterocycles. The van der Waals surface area contributed by atoms with Gasteiger partial charge in [-0.1, -0.05) is 0 Å². The molecule has 1 aliphatic rings. The van der Waals surface area contributed by atoms with Gasteiger partial charge in [-0.25, -0.2) is 0 Å². The third-order valence-corrected chi connectivity index (χ3v) is 1.29. The number of epoxide rings is 1. The highest BCUT2D eigenvalue weighted by Crippen LogP contribution is 2.05. The van der Waals surface area contributed by atoms with E-state index < -0.39 is 5.97 Å². The minimum atomic E-state index is -0.760. The number of ether oxygens (including phenoxy) is 1. The van der Waals surface area contributed by atoms with Crippen molar-refractivity contribution in [2.45, 2.75) is 12.5 Å². The summed E-state index contributed by atoms with van der Waals surface area (Å²) in [5, 5.41) is 11.2. The van der Waals surface area contributed by atoms with Crippen LogP contribution in [0.25, 0.3) is 0 Å². The number of nitrogens with one attached hydrogen (secondary N) is 1. The van der Waals surface area contributed by atoms with Crippen LogP contribution in [0.1, 0.15) is 6.42 Å². The second-order valence-corrected chi connectivity index (χ2v) is 2.30. The molecule has 0 aromatic heterocycles. The summed E-state index contributed by atoms with van der Waals surface area (Å²) in [6.45, 7) is 2.14. The van der Waals surface area contributed by atoms with Gasteiger partial charge in [-0.3, -0.25) is 4.79 Å². The van der Waals surface area contributed by atoms with Crippen LogP contribution in [-0.4, -0.2) is 36.9 Å². The molecule has 1 atom stereocenters. The zero-order chi connectivity index (χ0) is 7.40. The fourth-order valence-corrected chi connectivity index (χ4v) is 0.644. The second-order valence-electron chi connectivity index (χ2n) is 2.30. The van der Waals surface area contributed by atoms with Gasteiger partial charge in [0.1, 0.15) is 0 Å². The van der Waals surface area contributed by atoms with Gasteiger partial charge in [0.25, 0.3) is 0 Å². The average molecular weight is 145 g/mol. The summed E-state index contributed by atoms with van der Waals surface area (Å²) < 4.78 is 4.91. The number of carbonyl (C=O) groups is 1. The maximum Gasteiger partial charge on any atom is 0.304 e. The molecule has 0 radical (unpaired) electrons. The monoisotopic (exact) mass is 145 g/mol. The van der Waals surface area contributed by atoms with Crippen LogP contribution in [0.4, 0.5) is 0 Å². The van der Waals surface area contributed by atoms with E-state index in [1.165, 1.54) is 0 Å². The lowest BCUT2D eigenvalue weighted by atomic mass is 10.4. The van der Waals surface area contributed by atoms with Crippen LogP contribution >= 0.6 is 0 Å². The number of aliphatic carboxylic acids is 1. The molecule has 1 fully saturated rings. The molecule has 1 rings (SSSR count). The lowest BCUT2D eigenvalue weighted by molar-refractivity contribution is -0.136. The first-order chi connectivity index (χ1) is 4.79. The van der Waals surface area contributed by atoms with Crippen LogP contribution in [0.2, 0.25) is 0 Å². The van der Waals surface area contributed by atoms with E-state index >= 15 is 0 Å². The Hall–Kier alpha value is -0.610. The van der Waals surface area contributed by atoms with Crippen molar-refractivity contribution in [2.24, 2.45) is 0 Å². The summed E-state index contributed by atoms with van der Waals surface area (Å²) in [5.74, 6) is -0.760. The number of hydrogen-bond donors (Lipinski definition) is 2. The minimum absolute atomic E-state index is 0.187. The molecule has 58 valence electrons. The Balaban J connectivity index is 1.80. The smallest absolute Gasteiger partial charge is 0.304 e. The van der Waals surface area contributed by atoms with Gasteiger partial charge in [0.05, 0.1) is 19.1 Å². The molecule has 0 aromatic carbocycles. The molecule has 0 spiro atoms. The summed E-state index contributed by atoms with van der Waals surface area (Å²) in [5.41, 5.74) is 0. The Morgan fingerprint density at radius 3 is 3.00 bits per heavy atom. The minimum Gasteiger partial charge on any atom is -0.481 e. The highest BCUT2D eigenvalue weighted by Gasteiger charge is 2.21. The van der Waals surface area contributed by atoms with Gasteiger partial charge in [-0.2, -0.15) is 0 Å². The molecule has 1 heterocycles. The Kier molecular flexibility index (Phi) is 2.65. The van der Waals surface area contributed by atoms with Gasteiger partial charge < -0.3 is 15.2 Å². The first-order valence-electron chi connectivity index (χ1n) is 3.33. The van der Waals surface area contributed by atoms with Crippen molar-refractivity contribution in [3.8, 4) is 0 Å². The Labute approximate surface area is 59.2 Å². The fraction of sp³-hybridized carbons (Fsp3) is 0.833. The maximum atomic E-state index is 9.99. The Morgan fingerprint density at radius 2 is 2.50 bits per heavy atom. The zero-order valence-electron chi connectivity index (χ0n) is 5.67. The van der Waals surface area contributed by atoms with Gasteiger partial charge in [0.2, 0.25) is 0 Å². The third kappa shape index (κ3) is 3.42. The number of carboxylic acid groups (broad SMARTS) is 1. The molecule has 4 heteroatoms. The van der Waals surface area contributed by atoms with Crippen LogP contribution in [0, 0.1) is 0 Å². The van der Waals surface area contributed by atoms with E-state index in [1.54, 1.807) is 0 Å². The summed E-state index contributed by atoms with van der Waals surface area (Å²) >= 11 is 0. The van der Waals surface area contributed by atoms with Gasteiger partial charge in [-0.05, 0) is 0 Å². The predicted molar refractivity (Wildman–Crippen MR) is 34.9 cm³/mol. The molecule has 2 N–H and O–H groups in total. The van der Waals surface area contributed by atoms with Crippen molar-refractivity contribution in [3.05, 3.63) is 0 Å². The van der Waals surface area contributed by atoms with Gasteiger partial charge in [-0.15, -0.1) is 0 Å². The Morgan fingerprint density at radius 1 is 1.80 bits per heavy atom.